The lowest BCUT2D eigenvalue weighted by Gasteiger charge is -2.50. The SMILES string of the molecule is CC[C@H]1c2c(cc(F)c(F)c2O)[C@H](Nc2cccc3[nH]c(=O)ccc23)[C@@](O)(C(F)(F)F)C1OC. The van der Waals surface area contributed by atoms with Gasteiger partial charge in [0.2, 0.25) is 17.0 Å². The maximum absolute atomic E-state index is 14.5. The Morgan fingerprint density at radius 3 is 2.53 bits per heavy atom. The summed E-state index contributed by atoms with van der Waals surface area (Å²) in [6, 6.07) is 5.38. The van der Waals surface area contributed by atoms with Gasteiger partial charge < -0.3 is 25.3 Å². The summed E-state index contributed by atoms with van der Waals surface area (Å²) in [6.07, 6.45) is -7.33. The lowest BCUT2D eigenvalue weighted by molar-refractivity contribution is -0.306. The van der Waals surface area contributed by atoms with E-state index in [1.165, 1.54) is 37.3 Å². The monoisotopic (exact) mass is 484 g/mol. The Balaban J connectivity index is 2.03. The van der Waals surface area contributed by atoms with Crippen LogP contribution in [0.5, 0.6) is 5.75 Å². The standard InChI is InChI=1S/C23H21F5N2O4/c1-3-10-17-12(9-13(24)18(25)19(17)32)20(22(33,21(10)34-2)23(26,27)28)30-15-6-4-5-14-11(15)7-8-16(31)29-14/h4-10,20-21,30,32-33H,3H2,1-2H3,(H,29,31)/t10-,20-,21?,22-/m0/s1. The minimum atomic E-state index is -5.28. The number of hydrogen-bond donors (Lipinski definition) is 4. The van der Waals surface area contributed by atoms with E-state index in [9.17, 15) is 37.0 Å². The van der Waals surface area contributed by atoms with E-state index in [0.717, 1.165) is 7.11 Å². The molecule has 6 nitrogen and oxygen atoms in total. The normalized spacial score (nSPS) is 24.8. The number of phenolic OH excluding ortho intramolecular Hbond substituents is 1. The number of alkyl halides is 3. The molecule has 1 aromatic heterocycles. The third-order valence-electron chi connectivity index (χ3n) is 6.40. The zero-order valence-electron chi connectivity index (χ0n) is 18.0. The van der Waals surface area contributed by atoms with Crippen LogP contribution in [0, 0.1) is 11.6 Å². The van der Waals surface area contributed by atoms with E-state index in [0.29, 0.717) is 17.0 Å². The molecule has 4 N–H and O–H groups in total. The number of aliphatic hydroxyl groups is 1. The molecule has 0 amide bonds. The third-order valence-corrected chi connectivity index (χ3v) is 6.40. The molecular weight excluding hydrogens is 463 g/mol. The fourth-order valence-corrected chi connectivity index (χ4v) is 4.88. The van der Waals surface area contributed by atoms with Crippen molar-refractivity contribution in [1.82, 2.24) is 4.98 Å². The summed E-state index contributed by atoms with van der Waals surface area (Å²) in [5.41, 5.74) is -4.41. The number of phenols is 1. The molecule has 0 saturated heterocycles. The largest absolute Gasteiger partial charge is 0.505 e. The molecule has 3 aromatic rings. The van der Waals surface area contributed by atoms with Crippen LogP contribution in [0.1, 0.15) is 36.4 Å². The van der Waals surface area contributed by atoms with Gasteiger partial charge in [-0.2, -0.15) is 17.6 Å². The summed E-state index contributed by atoms with van der Waals surface area (Å²) >= 11 is 0. The molecule has 1 heterocycles. The van der Waals surface area contributed by atoms with Crippen molar-refractivity contribution in [3.05, 3.63) is 69.5 Å². The molecule has 0 fully saturated rings. The molecule has 0 bridgehead atoms. The Morgan fingerprint density at radius 2 is 1.91 bits per heavy atom. The minimum absolute atomic E-state index is 0.0707. The summed E-state index contributed by atoms with van der Waals surface area (Å²) in [6.45, 7) is 1.48. The first kappa shape index (κ1) is 24.0. The highest BCUT2D eigenvalue weighted by Crippen LogP contribution is 2.56. The Hall–Kier alpha value is -3.18. The van der Waals surface area contributed by atoms with Gasteiger partial charge in [0.1, 0.15) is 6.10 Å². The highest BCUT2D eigenvalue weighted by molar-refractivity contribution is 5.91. The van der Waals surface area contributed by atoms with Crippen molar-refractivity contribution >= 4 is 16.6 Å². The predicted molar refractivity (Wildman–Crippen MR) is 114 cm³/mol. The summed E-state index contributed by atoms with van der Waals surface area (Å²) in [7, 11) is 0.964. The molecule has 182 valence electrons. The molecule has 2 aromatic carbocycles. The van der Waals surface area contributed by atoms with Crippen molar-refractivity contribution in [2.45, 2.75) is 43.2 Å². The van der Waals surface area contributed by atoms with Crippen LogP contribution in [-0.4, -0.2) is 40.2 Å². The molecule has 0 spiro atoms. The van der Waals surface area contributed by atoms with Crippen molar-refractivity contribution in [3.63, 3.8) is 0 Å². The number of hydrogen-bond acceptors (Lipinski definition) is 5. The second-order valence-corrected chi connectivity index (χ2v) is 8.18. The van der Waals surface area contributed by atoms with Gasteiger partial charge in [0.25, 0.3) is 0 Å². The number of aromatic nitrogens is 1. The van der Waals surface area contributed by atoms with Crippen LogP contribution in [0.3, 0.4) is 0 Å². The van der Waals surface area contributed by atoms with E-state index < -0.39 is 58.3 Å². The second kappa shape index (κ2) is 8.24. The first-order valence-electron chi connectivity index (χ1n) is 10.4. The molecule has 0 saturated carbocycles. The molecular formula is C23H21F5N2O4. The summed E-state index contributed by atoms with van der Waals surface area (Å²) in [5.74, 6) is -5.61. The lowest BCUT2D eigenvalue weighted by Crippen LogP contribution is -2.64. The van der Waals surface area contributed by atoms with Crippen molar-refractivity contribution in [1.29, 1.82) is 0 Å². The number of rotatable bonds is 4. The van der Waals surface area contributed by atoms with Crippen LogP contribution in [0.4, 0.5) is 27.6 Å². The molecule has 34 heavy (non-hydrogen) atoms. The van der Waals surface area contributed by atoms with Crippen LogP contribution < -0.4 is 10.9 Å². The van der Waals surface area contributed by atoms with Crippen LogP contribution in [-0.2, 0) is 4.74 Å². The van der Waals surface area contributed by atoms with E-state index in [4.69, 9.17) is 4.74 Å². The minimum Gasteiger partial charge on any atom is -0.505 e. The van der Waals surface area contributed by atoms with E-state index in [2.05, 4.69) is 10.3 Å². The van der Waals surface area contributed by atoms with Crippen LogP contribution in [0.15, 0.2) is 41.2 Å². The van der Waals surface area contributed by atoms with Crippen molar-refractivity contribution in [2.75, 3.05) is 12.4 Å². The van der Waals surface area contributed by atoms with Gasteiger partial charge in [0, 0.05) is 35.7 Å². The van der Waals surface area contributed by atoms with Gasteiger partial charge in [0.15, 0.2) is 11.6 Å². The molecule has 1 aliphatic rings. The van der Waals surface area contributed by atoms with Crippen molar-refractivity contribution in [3.8, 4) is 5.75 Å². The number of pyridine rings is 1. The van der Waals surface area contributed by atoms with Gasteiger partial charge in [-0.3, -0.25) is 4.79 Å². The number of anilines is 1. The Bertz CT molecular complexity index is 1310. The maximum atomic E-state index is 14.5. The lowest BCUT2D eigenvalue weighted by atomic mass is 9.66. The van der Waals surface area contributed by atoms with E-state index in [1.54, 1.807) is 0 Å². The quantitative estimate of drug-likeness (QED) is 0.410. The van der Waals surface area contributed by atoms with Crippen LogP contribution >= 0.6 is 0 Å². The summed E-state index contributed by atoms with van der Waals surface area (Å²) < 4.78 is 77.3. The van der Waals surface area contributed by atoms with E-state index in [1.807, 2.05) is 0 Å². The predicted octanol–water partition coefficient (Wildman–Crippen LogP) is 4.48. The number of nitrogens with one attached hydrogen (secondary N) is 2. The van der Waals surface area contributed by atoms with Crippen LogP contribution in [0.2, 0.25) is 0 Å². The first-order chi connectivity index (χ1) is 15.9. The number of H-pyrrole nitrogens is 1. The number of ether oxygens (including phenoxy) is 1. The Morgan fingerprint density at radius 1 is 1.21 bits per heavy atom. The van der Waals surface area contributed by atoms with Crippen molar-refractivity contribution < 1.29 is 36.9 Å². The van der Waals surface area contributed by atoms with Gasteiger partial charge in [-0.25, -0.2) is 4.39 Å². The average Bonchev–Trinajstić information content (AvgIpc) is 2.78. The zero-order chi connectivity index (χ0) is 25.0. The number of benzene rings is 2. The number of aromatic amines is 1. The third kappa shape index (κ3) is 3.41. The van der Waals surface area contributed by atoms with E-state index in [-0.39, 0.29) is 17.7 Å². The number of fused-ring (bicyclic) bond motifs is 2. The molecule has 4 atom stereocenters. The molecule has 0 radical (unpaired) electrons. The fraction of sp³-hybridized carbons (Fsp3) is 0.348. The number of halogens is 5. The molecule has 0 aliphatic heterocycles. The first-order valence-corrected chi connectivity index (χ1v) is 10.4. The van der Waals surface area contributed by atoms with Crippen molar-refractivity contribution in [2.24, 2.45) is 0 Å². The fourth-order valence-electron chi connectivity index (χ4n) is 4.88. The van der Waals surface area contributed by atoms with Gasteiger partial charge in [0.05, 0.1) is 11.6 Å². The Kier molecular flexibility index (Phi) is 5.81. The molecule has 1 aliphatic carbocycles. The topological polar surface area (TPSA) is 94.6 Å². The smallest absolute Gasteiger partial charge is 0.422 e. The maximum Gasteiger partial charge on any atom is 0.422 e. The summed E-state index contributed by atoms with van der Waals surface area (Å²) in [4.78, 5) is 14.2. The average molecular weight is 484 g/mol. The molecule has 11 heteroatoms. The highest BCUT2D eigenvalue weighted by atomic mass is 19.4. The number of methoxy groups -OCH3 is 1. The summed E-state index contributed by atoms with van der Waals surface area (Å²) in [5, 5.41) is 24.6. The van der Waals surface area contributed by atoms with E-state index >= 15 is 0 Å². The number of aromatic hydroxyl groups is 1. The van der Waals surface area contributed by atoms with Crippen LogP contribution in [0.25, 0.3) is 10.9 Å². The van der Waals surface area contributed by atoms with Gasteiger partial charge in [-0.15, -0.1) is 0 Å². The molecule has 1 unspecified atom stereocenters. The second-order valence-electron chi connectivity index (χ2n) is 8.18. The van der Waals surface area contributed by atoms with Gasteiger partial charge >= 0.3 is 6.18 Å². The molecule has 4 rings (SSSR count). The Labute approximate surface area is 190 Å². The highest BCUT2D eigenvalue weighted by Gasteiger charge is 2.68. The van der Waals surface area contributed by atoms with Gasteiger partial charge in [-0.05, 0) is 36.2 Å². The van der Waals surface area contributed by atoms with Gasteiger partial charge in [-0.1, -0.05) is 13.0 Å². The zero-order valence-corrected chi connectivity index (χ0v) is 18.0.